The normalized spacial score (nSPS) is 11.8. The van der Waals surface area contributed by atoms with Crippen molar-refractivity contribution in [3.05, 3.63) is 88.8 Å². The summed E-state index contributed by atoms with van der Waals surface area (Å²) in [6.07, 6.45) is 0. The van der Waals surface area contributed by atoms with Crippen molar-refractivity contribution in [1.29, 1.82) is 0 Å². The zero-order valence-electron chi connectivity index (χ0n) is 17.1. The Labute approximate surface area is 187 Å². The molecular weight excluding hydrogens is 440 g/mol. The monoisotopic (exact) mass is 457 g/mol. The Balaban J connectivity index is 1.77. The van der Waals surface area contributed by atoms with Gasteiger partial charge in [-0.3, -0.25) is 0 Å². The summed E-state index contributed by atoms with van der Waals surface area (Å²) in [4.78, 5) is 0. The van der Waals surface area contributed by atoms with Gasteiger partial charge in [0.25, 0.3) is 0 Å². The highest BCUT2D eigenvalue weighted by Gasteiger charge is 2.25. The van der Waals surface area contributed by atoms with Crippen LogP contribution in [0.3, 0.4) is 0 Å². The van der Waals surface area contributed by atoms with Gasteiger partial charge in [-0.05, 0) is 30.3 Å². The molecule has 0 unspecified atom stereocenters. The minimum atomic E-state index is -0.741. The highest BCUT2D eigenvalue weighted by Crippen LogP contribution is 2.35. The third-order valence-corrected chi connectivity index (χ3v) is 5.02. The first-order valence-electron chi connectivity index (χ1n) is 9.50. The van der Waals surface area contributed by atoms with Crippen molar-refractivity contribution in [2.75, 3.05) is 19.5 Å². The first kappa shape index (κ1) is 21.6. The molecule has 164 valence electrons. The van der Waals surface area contributed by atoms with E-state index in [9.17, 15) is 8.78 Å². The summed E-state index contributed by atoms with van der Waals surface area (Å²) < 4.78 is 43.8. The van der Waals surface area contributed by atoms with Crippen molar-refractivity contribution in [2.24, 2.45) is 0 Å². The number of anilines is 1. The number of ether oxygens (including phenoxy) is 2. The Morgan fingerprint density at radius 1 is 0.906 bits per heavy atom. The zero-order valence-corrected chi connectivity index (χ0v) is 17.9. The summed E-state index contributed by atoms with van der Waals surface area (Å²) in [7, 11) is 3.08. The molecule has 0 saturated heterocycles. The molecule has 0 bridgehead atoms. The Bertz CT molecular complexity index is 1230. The summed E-state index contributed by atoms with van der Waals surface area (Å²) in [5.74, 6) is 0.490. The van der Waals surface area contributed by atoms with Crippen LogP contribution in [0.15, 0.2) is 65.1 Å². The molecule has 0 radical (unpaired) electrons. The van der Waals surface area contributed by atoms with Crippen LogP contribution in [0.25, 0.3) is 11.5 Å². The van der Waals surface area contributed by atoms with Gasteiger partial charge in [-0.25, -0.2) is 8.78 Å². The molecule has 1 heterocycles. The van der Waals surface area contributed by atoms with Crippen molar-refractivity contribution in [2.45, 2.75) is 6.04 Å². The Morgan fingerprint density at radius 3 is 2.28 bits per heavy atom. The highest BCUT2D eigenvalue weighted by molar-refractivity contribution is 6.31. The molecule has 6 nitrogen and oxygen atoms in total. The number of nitrogens with zero attached hydrogens (tertiary/aromatic N) is 2. The molecule has 0 saturated carbocycles. The van der Waals surface area contributed by atoms with Crippen molar-refractivity contribution in [3.63, 3.8) is 0 Å². The number of nitrogens with one attached hydrogen (secondary N) is 1. The lowest BCUT2D eigenvalue weighted by Gasteiger charge is -2.19. The third kappa shape index (κ3) is 4.65. The van der Waals surface area contributed by atoms with Gasteiger partial charge in [0, 0.05) is 40.0 Å². The number of halogens is 3. The maximum absolute atomic E-state index is 13.7. The van der Waals surface area contributed by atoms with Gasteiger partial charge < -0.3 is 19.2 Å². The van der Waals surface area contributed by atoms with E-state index >= 15 is 0 Å². The number of aromatic nitrogens is 2. The van der Waals surface area contributed by atoms with Gasteiger partial charge in [0.1, 0.15) is 29.2 Å². The Hall–Kier alpha value is -3.65. The maximum Gasteiger partial charge on any atom is 0.247 e. The van der Waals surface area contributed by atoms with Gasteiger partial charge in [0.15, 0.2) is 0 Å². The summed E-state index contributed by atoms with van der Waals surface area (Å²) >= 11 is 6.33. The van der Waals surface area contributed by atoms with Crippen LogP contribution >= 0.6 is 11.6 Å². The molecule has 9 heteroatoms. The predicted molar refractivity (Wildman–Crippen MR) is 116 cm³/mol. The molecule has 1 atom stereocenters. The Kier molecular flexibility index (Phi) is 6.23. The van der Waals surface area contributed by atoms with Crippen LogP contribution in [-0.4, -0.2) is 24.4 Å². The van der Waals surface area contributed by atoms with Crippen LogP contribution in [-0.2, 0) is 0 Å². The van der Waals surface area contributed by atoms with Crippen molar-refractivity contribution < 1.29 is 22.7 Å². The summed E-state index contributed by atoms with van der Waals surface area (Å²) in [5, 5.41) is 11.6. The summed E-state index contributed by atoms with van der Waals surface area (Å²) in [6, 6.07) is 14.3. The van der Waals surface area contributed by atoms with E-state index in [2.05, 4.69) is 15.5 Å². The first-order chi connectivity index (χ1) is 15.5. The molecule has 1 N–H and O–H groups in total. The largest absolute Gasteiger partial charge is 0.497 e. The van der Waals surface area contributed by atoms with E-state index in [0.717, 1.165) is 0 Å². The number of methoxy groups -OCH3 is 2. The van der Waals surface area contributed by atoms with Gasteiger partial charge in [0.05, 0.1) is 14.2 Å². The highest BCUT2D eigenvalue weighted by atomic mass is 35.5. The topological polar surface area (TPSA) is 69.4 Å². The summed E-state index contributed by atoms with van der Waals surface area (Å²) in [6.45, 7) is 0. The van der Waals surface area contributed by atoms with E-state index in [-0.39, 0.29) is 16.8 Å². The van der Waals surface area contributed by atoms with Crippen LogP contribution in [0.1, 0.15) is 17.5 Å². The lowest BCUT2D eigenvalue weighted by molar-refractivity contribution is 0.394. The number of benzene rings is 3. The average molecular weight is 458 g/mol. The smallest absolute Gasteiger partial charge is 0.247 e. The van der Waals surface area contributed by atoms with Gasteiger partial charge in [-0.1, -0.05) is 23.7 Å². The van der Waals surface area contributed by atoms with Crippen LogP contribution in [0.4, 0.5) is 14.5 Å². The second kappa shape index (κ2) is 9.23. The molecular formula is C23H18ClF2N3O3. The molecule has 0 fully saturated rings. The van der Waals surface area contributed by atoms with Gasteiger partial charge in [-0.15, -0.1) is 10.2 Å². The minimum absolute atomic E-state index is 0.132. The van der Waals surface area contributed by atoms with E-state index in [0.29, 0.717) is 28.3 Å². The van der Waals surface area contributed by atoms with E-state index in [1.165, 1.54) is 44.6 Å². The van der Waals surface area contributed by atoms with Crippen LogP contribution in [0.2, 0.25) is 5.02 Å². The van der Waals surface area contributed by atoms with E-state index in [1.807, 2.05) is 0 Å². The fourth-order valence-electron chi connectivity index (χ4n) is 3.15. The molecule has 3 aromatic carbocycles. The predicted octanol–water partition coefficient (Wildman–Crippen LogP) is 5.89. The second-order valence-corrected chi connectivity index (χ2v) is 7.21. The average Bonchev–Trinajstić information content (AvgIpc) is 3.28. The number of hydrogen-bond acceptors (Lipinski definition) is 6. The minimum Gasteiger partial charge on any atom is -0.497 e. The quantitative estimate of drug-likeness (QED) is 0.373. The lowest BCUT2D eigenvalue weighted by Crippen LogP contribution is -2.14. The van der Waals surface area contributed by atoms with Gasteiger partial charge >= 0.3 is 0 Å². The maximum atomic E-state index is 13.7. The summed E-state index contributed by atoms with van der Waals surface area (Å²) in [5.41, 5.74) is 1.54. The van der Waals surface area contributed by atoms with Crippen molar-refractivity contribution in [3.8, 4) is 23.0 Å². The zero-order chi connectivity index (χ0) is 22.7. The first-order valence-corrected chi connectivity index (χ1v) is 9.88. The molecule has 0 spiro atoms. The lowest BCUT2D eigenvalue weighted by atomic mass is 10.1. The fraction of sp³-hybridized carbons (Fsp3) is 0.130. The SMILES string of the molecule is COc1cc(N[C@H](c2nnc(-c3cccc(F)c3)o2)c2ccc(F)cc2Cl)cc(OC)c1. The van der Waals surface area contributed by atoms with E-state index in [1.54, 1.807) is 30.3 Å². The molecule has 1 aromatic heterocycles. The number of hydrogen-bond donors (Lipinski definition) is 1. The van der Waals surface area contributed by atoms with Crippen LogP contribution < -0.4 is 14.8 Å². The molecule has 0 amide bonds. The molecule has 32 heavy (non-hydrogen) atoms. The molecule has 0 aliphatic carbocycles. The van der Waals surface area contributed by atoms with E-state index in [4.69, 9.17) is 25.5 Å². The fourth-order valence-corrected chi connectivity index (χ4v) is 3.43. The Morgan fingerprint density at radius 2 is 1.62 bits per heavy atom. The molecule has 0 aliphatic heterocycles. The van der Waals surface area contributed by atoms with Crippen LogP contribution in [0, 0.1) is 11.6 Å². The van der Waals surface area contributed by atoms with Gasteiger partial charge in [-0.2, -0.15) is 0 Å². The molecule has 0 aliphatic rings. The van der Waals surface area contributed by atoms with Crippen molar-refractivity contribution in [1.82, 2.24) is 10.2 Å². The van der Waals surface area contributed by atoms with E-state index < -0.39 is 17.7 Å². The molecule has 4 aromatic rings. The van der Waals surface area contributed by atoms with Crippen molar-refractivity contribution >= 4 is 17.3 Å². The molecule has 4 rings (SSSR count). The van der Waals surface area contributed by atoms with Gasteiger partial charge in [0.2, 0.25) is 11.8 Å². The third-order valence-electron chi connectivity index (χ3n) is 4.70. The number of rotatable bonds is 7. The standard InChI is InChI=1S/C23H18ClF2N3O3/c1-30-17-10-16(11-18(12-17)31-2)27-21(19-7-6-15(26)9-20(19)24)23-29-28-22(32-23)13-4-3-5-14(25)8-13/h3-12,21,27H,1-2H3/t21-/m0/s1. The van der Waals surface area contributed by atoms with Crippen LogP contribution in [0.5, 0.6) is 11.5 Å². The second-order valence-electron chi connectivity index (χ2n) is 6.80.